The highest BCUT2D eigenvalue weighted by atomic mass is 32.2. The molecule has 4 heterocycles. The predicted octanol–water partition coefficient (Wildman–Crippen LogP) is -0.802. The molecule has 0 aromatic carbocycles. The number of carbonyl (C=O) groups excluding carboxylic acids is 2. The number of β-lactam (4-membered cyclic amide) rings is 1. The number of amides is 2. The summed E-state index contributed by atoms with van der Waals surface area (Å²) in [5, 5.41) is 33.2. The molecule has 0 radical (unpaired) electrons. The van der Waals surface area contributed by atoms with Crippen molar-refractivity contribution in [3.05, 3.63) is 22.1 Å². The van der Waals surface area contributed by atoms with Crippen molar-refractivity contribution in [3.8, 4) is 0 Å². The van der Waals surface area contributed by atoms with Gasteiger partial charge in [0.05, 0.1) is 0 Å². The molecule has 0 bridgehead atoms. The van der Waals surface area contributed by atoms with E-state index >= 15 is 0 Å². The Morgan fingerprint density at radius 2 is 2.10 bits per heavy atom. The third kappa shape index (κ3) is 6.30. The molecule has 2 aliphatic heterocycles. The third-order valence-electron chi connectivity index (χ3n) is 5.23. The Balaban J connectivity index is 1.48. The van der Waals surface area contributed by atoms with Crippen molar-refractivity contribution in [1.82, 2.24) is 29.8 Å². The minimum Gasteiger partial charge on any atom is -0.478 e. The van der Waals surface area contributed by atoms with Gasteiger partial charge in [0.25, 0.3) is 11.8 Å². The number of nitrogen functional groups attached to an aromatic ring is 1. The Morgan fingerprint density at radius 3 is 2.74 bits per heavy atom. The van der Waals surface area contributed by atoms with Gasteiger partial charge in [-0.1, -0.05) is 28.3 Å². The van der Waals surface area contributed by atoms with Gasteiger partial charge >= 0.3 is 11.9 Å². The fourth-order valence-corrected chi connectivity index (χ4v) is 7.20. The molecule has 2 amide bonds. The van der Waals surface area contributed by atoms with Crippen LogP contribution in [0.5, 0.6) is 0 Å². The van der Waals surface area contributed by atoms with Crippen LogP contribution in [0.25, 0.3) is 0 Å². The zero-order valence-electron chi connectivity index (χ0n) is 20.0. The molecule has 1 fully saturated rings. The van der Waals surface area contributed by atoms with Gasteiger partial charge in [0.2, 0.25) is 17.6 Å². The van der Waals surface area contributed by atoms with Crippen molar-refractivity contribution in [3.63, 3.8) is 0 Å². The summed E-state index contributed by atoms with van der Waals surface area (Å²) in [6.07, 6.45) is -0.789. The number of nitrogens with two attached hydrogens (primary N) is 2. The number of carboxylic acid groups (broad SMARTS) is 2. The number of fused-ring (bicyclic) bond motifs is 1. The number of aromatic nitrogens is 4. The first-order chi connectivity index (χ1) is 18.6. The SMILES string of the molecule is CC(O/N=C(\C(=O)NC1C(=O)N2C(C(=O)O)=C(CSc3nnc(CCN)s3)CS[C@H]12)c1nsc(N)n1)C(=O)O. The second-order valence-corrected chi connectivity index (χ2v) is 12.1. The van der Waals surface area contributed by atoms with E-state index in [1.807, 2.05) is 0 Å². The van der Waals surface area contributed by atoms with Gasteiger partial charge in [0, 0.05) is 29.5 Å². The number of oxime groups is 1. The van der Waals surface area contributed by atoms with Crippen molar-refractivity contribution >= 4 is 81.0 Å². The molecule has 2 unspecified atom stereocenters. The predicted molar refractivity (Wildman–Crippen MR) is 142 cm³/mol. The minimum absolute atomic E-state index is 0.0243. The van der Waals surface area contributed by atoms with E-state index in [4.69, 9.17) is 21.4 Å². The van der Waals surface area contributed by atoms with Crippen LogP contribution in [0.3, 0.4) is 0 Å². The quantitative estimate of drug-likeness (QED) is 0.0848. The van der Waals surface area contributed by atoms with Crippen molar-refractivity contribution in [2.75, 3.05) is 23.8 Å². The van der Waals surface area contributed by atoms with Crippen LogP contribution in [0.2, 0.25) is 0 Å². The van der Waals surface area contributed by atoms with Gasteiger partial charge in [-0.05, 0) is 19.0 Å². The molecule has 16 nitrogen and oxygen atoms in total. The van der Waals surface area contributed by atoms with E-state index < -0.39 is 47.0 Å². The first-order valence-electron chi connectivity index (χ1n) is 11.0. The average molecular weight is 616 g/mol. The maximum absolute atomic E-state index is 13.0. The summed E-state index contributed by atoms with van der Waals surface area (Å²) in [5.74, 6) is -3.78. The lowest BCUT2D eigenvalue weighted by Crippen LogP contribution is -2.71. The molecule has 1 saturated heterocycles. The molecule has 0 aliphatic carbocycles. The van der Waals surface area contributed by atoms with Crippen LogP contribution >= 0.6 is 46.4 Å². The highest BCUT2D eigenvalue weighted by molar-refractivity contribution is 8.01. The molecule has 3 atom stereocenters. The van der Waals surface area contributed by atoms with Crippen LogP contribution in [-0.4, -0.2) is 99.7 Å². The summed E-state index contributed by atoms with van der Waals surface area (Å²) >= 11 is 4.75. The van der Waals surface area contributed by atoms with Gasteiger partial charge in [-0.25, -0.2) is 9.59 Å². The number of rotatable bonds is 12. The van der Waals surface area contributed by atoms with Gasteiger partial charge in [0.15, 0.2) is 9.47 Å². The Labute approximate surface area is 236 Å². The molecule has 20 heteroatoms. The van der Waals surface area contributed by atoms with E-state index in [9.17, 15) is 24.3 Å². The largest absolute Gasteiger partial charge is 0.478 e. The third-order valence-corrected chi connectivity index (χ3v) is 9.32. The molecule has 208 valence electrons. The molecule has 7 N–H and O–H groups in total. The lowest BCUT2D eigenvalue weighted by molar-refractivity contribution is -0.150. The second-order valence-electron chi connectivity index (χ2n) is 7.89. The number of anilines is 1. The molecule has 0 saturated carbocycles. The summed E-state index contributed by atoms with van der Waals surface area (Å²) in [5.41, 5.74) is 11.0. The first kappa shape index (κ1) is 28.7. The normalized spacial score (nSPS) is 19.8. The highest BCUT2D eigenvalue weighted by Crippen LogP contribution is 2.41. The Bertz CT molecular complexity index is 1360. The van der Waals surface area contributed by atoms with Crippen LogP contribution in [0.4, 0.5) is 5.13 Å². The number of nitrogens with zero attached hydrogens (tertiary/aromatic N) is 6. The zero-order chi connectivity index (χ0) is 28.3. The number of thioether (sulfide) groups is 2. The van der Waals surface area contributed by atoms with Gasteiger partial charge in [-0.3, -0.25) is 14.5 Å². The lowest BCUT2D eigenvalue weighted by Gasteiger charge is -2.49. The summed E-state index contributed by atoms with van der Waals surface area (Å²) in [7, 11) is 0. The van der Waals surface area contributed by atoms with Crippen molar-refractivity contribution in [2.24, 2.45) is 10.9 Å². The number of aliphatic carboxylic acids is 2. The minimum atomic E-state index is -1.38. The maximum atomic E-state index is 13.0. The van der Waals surface area contributed by atoms with Gasteiger partial charge in [-0.2, -0.15) is 9.36 Å². The fraction of sp³-hybridized carbons (Fsp3) is 0.421. The molecule has 0 spiro atoms. The van der Waals surface area contributed by atoms with E-state index in [1.54, 1.807) is 0 Å². The van der Waals surface area contributed by atoms with Crippen LogP contribution in [0, 0.1) is 0 Å². The Hall–Kier alpha value is -3.33. The van der Waals surface area contributed by atoms with Crippen molar-refractivity contribution < 1.29 is 34.2 Å². The lowest BCUT2D eigenvalue weighted by atomic mass is 10.0. The number of carboxylic acids is 2. The monoisotopic (exact) mass is 615 g/mol. The van der Waals surface area contributed by atoms with E-state index in [0.29, 0.717) is 28.6 Å². The van der Waals surface area contributed by atoms with Crippen LogP contribution in [0.15, 0.2) is 20.8 Å². The van der Waals surface area contributed by atoms with Gasteiger partial charge in [0.1, 0.15) is 22.1 Å². The van der Waals surface area contributed by atoms with Crippen molar-refractivity contribution in [1.29, 1.82) is 0 Å². The Morgan fingerprint density at radius 1 is 1.33 bits per heavy atom. The van der Waals surface area contributed by atoms with E-state index in [1.165, 1.54) is 41.8 Å². The molecule has 2 aromatic rings. The molecular weight excluding hydrogens is 595 g/mol. The average Bonchev–Trinajstić information content (AvgIpc) is 3.54. The molecule has 2 aromatic heterocycles. The standard InChI is InChI=1S/C19H21N9O7S4/c1-6(16(31)32)35-26-9(12-23-18(21)39-27-12)13(29)22-10-14(30)28-11(17(33)34)7(4-36-15(10)28)5-37-19-25-24-8(38-19)2-3-20/h6,10,15H,2-5,20H2,1H3,(H,22,29)(H,31,32)(H,33,34)(H2,21,23,27)/b26-9-/t6?,10?,15-/m1/s1. The summed E-state index contributed by atoms with van der Waals surface area (Å²) in [6.45, 7) is 1.65. The number of hydrogen-bond donors (Lipinski definition) is 5. The summed E-state index contributed by atoms with van der Waals surface area (Å²) < 4.78 is 4.56. The maximum Gasteiger partial charge on any atom is 0.352 e. The van der Waals surface area contributed by atoms with E-state index in [0.717, 1.165) is 21.4 Å². The Kier molecular flexibility index (Phi) is 9.00. The van der Waals surface area contributed by atoms with E-state index in [2.05, 4.69) is 30.0 Å². The topological polar surface area (TPSA) is 249 Å². The first-order valence-corrected chi connectivity index (χ1v) is 14.6. The van der Waals surface area contributed by atoms with Crippen LogP contribution in [-0.2, 0) is 30.4 Å². The zero-order valence-corrected chi connectivity index (χ0v) is 23.2. The van der Waals surface area contributed by atoms with Crippen LogP contribution in [0.1, 0.15) is 17.8 Å². The van der Waals surface area contributed by atoms with Gasteiger partial charge < -0.3 is 31.8 Å². The van der Waals surface area contributed by atoms with Crippen LogP contribution < -0.4 is 16.8 Å². The fourth-order valence-electron chi connectivity index (χ4n) is 3.37. The van der Waals surface area contributed by atoms with Crippen molar-refractivity contribution in [2.45, 2.75) is 35.2 Å². The molecular formula is C19H21N9O7S4. The second kappa shape index (κ2) is 12.2. The highest BCUT2D eigenvalue weighted by Gasteiger charge is 2.54. The van der Waals surface area contributed by atoms with E-state index in [-0.39, 0.29) is 22.4 Å². The molecule has 4 rings (SSSR count). The smallest absolute Gasteiger partial charge is 0.352 e. The summed E-state index contributed by atoms with van der Waals surface area (Å²) in [4.78, 5) is 59.1. The summed E-state index contributed by atoms with van der Waals surface area (Å²) in [6, 6.07) is -1.08. The molecule has 2 aliphatic rings. The molecule has 39 heavy (non-hydrogen) atoms. The number of carbonyl (C=O) groups is 4. The van der Waals surface area contributed by atoms with Gasteiger partial charge in [-0.15, -0.1) is 22.0 Å². The number of nitrogens with one attached hydrogen (secondary N) is 1. The number of hydrogen-bond acceptors (Lipinski definition) is 16.